The SMILES string of the molecule is O=C(O)CC[C@@H](CS(=O)(=O)c1ccc(Oc2ccc(OC(F)(F)F)cc2)cc1)NC(=O)OCc1ccccc1. The number of sulfone groups is 1. The third-order valence-corrected chi connectivity index (χ3v) is 6.97. The highest BCUT2D eigenvalue weighted by molar-refractivity contribution is 7.91. The lowest BCUT2D eigenvalue weighted by Crippen LogP contribution is -2.40. The van der Waals surface area contributed by atoms with Crippen LogP contribution in [-0.2, 0) is 26.0 Å². The quantitative estimate of drug-likeness (QED) is 0.301. The highest BCUT2D eigenvalue weighted by atomic mass is 32.2. The van der Waals surface area contributed by atoms with Crippen molar-refractivity contribution in [1.82, 2.24) is 5.32 Å². The van der Waals surface area contributed by atoms with Crippen molar-refractivity contribution in [1.29, 1.82) is 0 Å². The Bertz CT molecular complexity index is 1350. The summed E-state index contributed by atoms with van der Waals surface area (Å²) < 4.78 is 77.3. The Kier molecular flexibility index (Phi) is 9.77. The number of hydrogen-bond donors (Lipinski definition) is 2. The van der Waals surface area contributed by atoms with Gasteiger partial charge in [-0.25, -0.2) is 13.2 Å². The van der Waals surface area contributed by atoms with Crippen LogP contribution in [0, 0.1) is 0 Å². The lowest BCUT2D eigenvalue weighted by Gasteiger charge is -2.18. The monoisotopic (exact) mass is 567 g/mol. The number of nitrogens with one attached hydrogen (secondary N) is 1. The summed E-state index contributed by atoms with van der Waals surface area (Å²) >= 11 is 0. The number of amides is 1. The predicted octanol–water partition coefficient (Wildman–Crippen LogP) is 5.31. The first-order chi connectivity index (χ1) is 18.4. The molecule has 0 unspecified atom stereocenters. The Hall–Kier alpha value is -4.26. The largest absolute Gasteiger partial charge is 0.573 e. The fraction of sp³-hybridized carbons (Fsp3) is 0.231. The molecule has 0 aliphatic carbocycles. The van der Waals surface area contributed by atoms with Crippen molar-refractivity contribution in [3.8, 4) is 17.2 Å². The van der Waals surface area contributed by atoms with E-state index in [1.165, 1.54) is 36.4 Å². The maximum atomic E-state index is 13.0. The number of alkyl carbamates (subject to hydrolysis) is 1. The molecule has 1 atom stereocenters. The van der Waals surface area contributed by atoms with E-state index in [0.29, 0.717) is 0 Å². The van der Waals surface area contributed by atoms with Crippen molar-refractivity contribution in [2.45, 2.75) is 36.7 Å². The minimum Gasteiger partial charge on any atom is -0.481 e. The Labute approximate surface area is 222 Å². The fourth-order valence-corrected chi connectivity index (χ4v) is 4.87. The number of halogens is 3. The van der Waals surface area contributed by atoms with E-state index in [0.717, 1.165) is 17.7 Å². The van der Waals surface area contributed by atoms with E-state index in [1.807, 2.05) is 0 Å². The molecule has 13 heteroatoms. The number of rotatable bonds is 12. The summed E-state index contributed by atoms with van der Waals surface area (Å²) in [4.78, 5) is 23.2. The summed E-state index contributed by atoms with van der Waals surface area (Å²) in [6.07, 6.45) is -6.24. The molecule has 0 aromatic heterocycles. The molecule has 0 radical (unpaired) electrons. The number of alkyl halides is 3. The average molecular weight is 568 g/mol. The molecule has 208 valence electrons. The number of carbonyl (C=O) groups is 2. The van der Waals surface area contributed by atoms with E-state index in [4.69, 9.17) is 14.6 Å². The molecule has 1 amide bonds. The third kappa shape index (κ3) is 10.2. The van der Waals surface area contributed by atoms with Crippen LogP contribution in [0.25, 0.3) is 0 Å². The molecule has 0 spiro atoms. The van der Waals surface area contributed by atoms with E-state index in [2.05, 4.69) is 10.1 Å². The van der Waals surface area contributed by atoms with Gasteiger partial charge in [0.1, 0.15) is 23.9 Å². The number of hydrogen-bond acceptors (Lipinski definition) is 7. The summed E-state index contributed by atoms with van der Waals surface area (Å²) in [5, 5.41) is 11.4. The minimum atomic E-state index is -4.83. The van der Waals surface area contributed by atoms with Crippen LogP contribution in [-0.4, -0.2) is 43.7 Å². The van der Waals surface area contributed by atoms with Gasteiger partial charge in [0.2, 0.25) is 0 Å². The van der Waals surface area contributed by atoms with Gasteiger partial charge in [-0.15, -0.1) is 13.2 Å². The molecule has 0 aliphatic rings. The Morgan fingerprint density at radius 3 is 2.00 bits per heavy atom. The lowest BCUT2D eigenvalue weighted by molar-refractivity contribution is -0.274. The standard InChI is InChI=1S/C26H24F3NO8S/c27-26(28,29)38-22-9-7-20(8-10-22)37-21-11-13-23(14-12-21)39(34,35)17-19(6-15-24(31)32)30-25(33)36-16-18-4-2-1-3-5-18/h1-5,7-14,19H,6,15-17H2,(H,30,33)(H,31,32)/t19-/m0/s1. The molecule has 0 saturated heterocycles. The summed E-state index contributed by atoms with van der Waals surface area (Å²) in [5.41, 5.74) is 0.718. The molecule has 0 bridgehead atoms. The predicted molar refractivity (Wildman–Crippen MR) is 132 cm³/mol. The first-order valence-corrected chi connectivity index (χ1v) is 13.1. The van der Waals surface area contributed by atoms with Crippen molar-refractivity contribution in [3.05, 3.63) is 84.4 Å². The molecule has 3 rings (SSSR count). The Balaban J connectivity index is 1.62. The van der Waals surface area contributed by atoms with Crippen LogP contribution in [0.5, 0.6) is 17.2 Å². The maximum absolute atomic E-state index is 13.0. The van der Waals surface area contributed by atoms with Crippen molar-refractivity contribution < 1.29 is 50.5 Å². The van der Waals surface area contributed by atoms with Crippen molar-refractivity contribution >= 4 is 21.9 Å². The van der Waals surface area contributed by atoms with Crippen LogP contribution in [0.4, 0.5) is 18.0 Å². The Morgan fingerprint density at radius 2 is 1.44 bits per heavy atom. The number of benzene rings is 3. The van der Waals surface area contributed by atoms with Gasteiger partial charge in [0.15, 0.2) is 9.84 Å². The topological polar surface area (TPSA) is 128 Å². The van der Waals surface area contributed by atoms with Gasteiger partial charge in [-0.3, -0.25) is 4.79 Å². The summed E-state index contributed by atoms with van der Waals surface area (Å²) in [6.45, 7) is -0.0510. The second-order valence-corrected chi connectivity index (χ2v) is 10.2. The molecular formula is C26H24F3NO8S. The number of carbonyl (C=O) groups excluding carboxylic acids is 1. The van der Waals surface area contributed by atoms with Crippen LogP contribution in [0.3, 0.4) is 0 Å². The first-order valence-electron chi connectivity index (χ1n) is 11.4. The van der Waals surface area contributed by atoms with Gasteiger partial charge in [0, 0.05) is 12.5 Å². The minimum absolute atomic E-state index is 0.0510. The van der Waals surface area contributed by atoms with Crippen molar-refractivity contribution in [2.24, 2.45) is 0 Å². The van der Waals surface area contributed by atoms with Crippen LogP contribution in [0.2, 0.25) is 0 Å². The van der Waals surface area contributed by atoms with Crippen molar-refractivity contribution in [3.63, 3.8) is 0 Å². The van der Waals surface area contributed by atoms with Gasteiger partial charge in [0.05, 0.1) is 10.6 Å². The van der Waals surface area contributed by atoms with Gasteiger partial charge in [-0.1, -0.05) is 30.3 Å². The number of aliphatic carboxylic acids is 1. The molecule has 2 N–H and O–H groups in total. The fourth-order valence-electron chi connectivity index (χ4n) is 3.35. The van der Waals surface area contributed by atoms with E-state index in [-0.39, 0.29) is 35.8 Å². The summed E-state index contributed by atoms with van der Waals surface area (Å²) in [6, 6.07) is 17.6. The number of ether oxygens (including phenoxy) is 3. The zero-order valence-corrected chi connectivity index (χ0v) is 21.1. The zero-order chi connectivity index (χ0) is 28.5. The Morgan fingerprint density at radius 1 is 0.872 bits per heavy atom. The molecule has 0 saturated carbocycles. The van der Waals surface area contributed by atoms with Gasteiger partial charge >= 0.3 is 18.4 Å². The molecule has 0 heterocycles. The first kappa shape index (κ1) is 29.3. The highest BCUT2D eigenvalue weighted by Crippen LogP contribution is 2.28. The molecule has 39 heavy (non-hydrogen) atoms. The number of carboxylic acids is 1. The van der Waals surface area contributed by atoms with Gasteiger partial charge < -0.3 is 24.6 Å². The van der Waals surface area contributed by atoms with Crippen molar-refractivity contribution in [2.75, 3.05) is 5.75 Å². The molecule has 9 nitrogen and oxygen atoms in total. The molecule has 0 aliphatic heterocycles. The third-order valence-electron chi connectivity index (χ3n) is 5.14. The number of carboxylic acid groups (broad SMARTS) is 1. The lowest BCUT2D eigenvalue weighted by atomic mass is 10.2. The second kappa shape index (κ2) is 13.0. The molecular weight excluding hydrogens is 543 g/mol. The van der Waals surface area contributed by atoms with E-state index < -0.39 is 45.8 Å². The van der Waals surface area contributed by atoms with Crippen LogP contribution >= 0.6 is 0 Å². The van der Waals surface area contributed by atoms with E-state index in [1.54, 1.807) is 30.3 Å². The smallest absolute Gasteiger partial charge is 0.481 e. The molecule has 3 aromatic carbocycles. The van der Waals surface area contributed by atoms with E-state index in [9.17, 15) is 31.2 Å². The van der Waals surface area contributed by atoms with Gasteiger partial charge in [0.25, 0.3) is 0 Å². The molecule has 3 aromatic rings. The molecule has 0 fully saturated rings. The average Bonchev–Trinajstić information content (AvgIpc) is 2.87. The van der Waals surface area contributed by atoms with Crippen LogP contribution < -0.4 is 14.8 Å². The highest BCUT2D eigenvalue weighted by Gasteiger charge is 2.31. The summed E-state index contributed by atoms with van der Waals surface area (Å²) in [7, 11) is -3.97. The maximum Gasteiger partial charge on any atom is 0.573 e. The van der Waals surface area contributed by atoms with Crippen LogP contribution in [0.15, 0.2) is 83.8 Å². The summed E-state index contributed by atoms with van der Waals surface area (Å²) in [5.74, 6) is -1.76. The van der Waals surface area contributed by atoms with E-state index >= 15 is 0 Å². The van der Waals surface area contributed by atoms with Crippen LogP contribution in [0.1, 0.15) is 18.4 Å². The van der Waals surface area contributed by atoms with Gasteiger partial charge in [-0.2, -0.15) is 0 Å². The normalized spacial score (nSPS) is 12.3. The zero-order valence-electron chi connectivity index (χ0n) is 20.3. The second-order valence-electron chi connectivity index (χ2n) is 8.21. The van der Waals surface area contributed by atoms with Gasteiger partial charge in [-0.05, 0) is 60.5 Å².